The molecular formula is C13H17ClN2O3. The molecular weight excluding hydrogens is 268 g/mol. The molecule has 1 aliphatic rings. The lowest BCUT2D eigenvalue weighted by molar-refractivity contribution is -0.145. The van der Waals surface area contributed by atoms with E-state index in [1.165, 1.54) is 4.90 Å². The Labute approximate surface area is 117 Å². The molecule has 0 unspecified atom stereocenters. The van der Waals surface area contributed by atoms with Crippen molar-refractivity contribution in [1.29, 1.82) is 0 Å². The molecule has 2 rings (SSSR count). The number of hydrogen-bond acceptors (Lipinski definition) is 2. The lowest BCUT2D eigenvalue weighted by atomic mass is 9.73. The number of nitrogens with zero attached hydrogens (tertiary/aromatic N) is 1. The van der Waals surface area contributed by atoms with E-state index in [1.54, 1.807) is 0 Å². The highest BCUT2D eigenvalue weighted by molar-refractivity contribution is 5.85. The maximum Gasteiger partial charge on any atom is 0.314 e. The van der Waals surface area contributed by atoms with Gasteiger partial charge in [0.1, 0.15) is 0 Å². The number of carbonyl (C=O) groups excluding carboxylic acids is 1. The zero-order chi connectivity index (χ0) is 13.2. The van der Waals surface area contributed by atoms with Gasteiger partial charge in [-0.3, -0.25) is 4.79 Å². The van der Waals surface area contributed by atoms with Crippen LogP contribution >= 0.6 is 12.4 Å². The third-order valence-corrected chi connectivity index (χ3v) is 3.66. The predicted octanol–water partition coefficient (Wildman–Crippen LogP) is 1.61. The van der Waals surface area contributed by atoms with Gasteiger partial charge in [-0.15, -0.1) is 12.4 Å². The van der Waals surface area contributed by atoms with Crippen molar-refractivity contribution >= 4 is 24.4 Å². The summed E-state index contributed by atoms with van der Waals surface area (Å²) < 4.78 is 0. The number of halogens is 1. The molecule has 104 valence electrons. The van der Waals surface area contributed by atoms with E-state index >= 15 is 0 Å². The van der Waals surface area contributed by atoms with E-state index in [1.807, 2.05) is 30.3 Å². The molecule has 1 fully saturated rings. The van der Waals surface area contributed by atoms with Crippen LogP contribution in [0.15, 0.2) is 30.3 Å². The van der Waals surface area contributed by atoms with Gasteiger partial charge in [0.05, 0.1) is 5.41 Å². The van der Waals surface area contributed by atoms with Gasteiger partial charge in [-0.25, -0.2) is 4.79 Å². The molecule has 5 nitrogen and oxygen atoms in total. The molecule has 0 atom stereocenters. The summed E-state index contributed by atoms with van der Waals surface area (Å²) in [7, 11) is 0. The Morgan fingerprint density at radius 2 is 1.68 bits per heavy atom. The first kappa shape index (κ1) is 15.3. The number of aliphatic carboxylic acids is 1. The van der Waals surface area contributed by atoms with Crippen molar-refractivity contribution < 1.29 is 14.7 Å². The van der Waals surface area contributed by atoms with E-state index in [0.717, 1.165) is 5.56 Å². The minimum atomic E-state index is -0.896. The fourth-order valence-electron chi connectivity index (χ4n) is 2.49. The van der Waals surface area contributed by atoms with Crippen molar-refractivity contribution in [2.45, 2.75) is 18.3 Å². The molecule has 6 heteroatoms. The number of carbonyl (C=O) groups is 2. The van der Waals surface area contributed by atoms with Crippen LogP contribution in [-0.2, 0) is 10.2 Å². The molecule has 0 radical (unpaired) electrons. The van der Waals surface area contributed by atoms with Gasteiger partial charge >= 0.3 is 12.0 Å². The number of carboxylic acid groups (broad SMARTS) is 1. The second-order valence-corrected chi connectivity index (χ2v) is 4.58. The summed E-state index contributed by atoms with van der Waals surface area (Å²) in [5.41, 5.74) is 5.11. The molecule has 2 amide bonds. The second kappa shape index (κ2) is 5.93. The zero-order valence-electron chi connectivity index (χ0n) is 10.4. The molecule has 0 aliphatic carbocycles. The Bertz CT molecular complexity index is 456. The molecule has 19 heavy (non-hydrogen) atoms. The fraction of sp³-hybridized carbons (Fsp3) is 0.385. The van der Waals surface area contributed by atoms with Crippen LogP contribution in [0.5, 0.6) is 0 Å². The van der Waals surface area contributed by atoms with Crippen molar-refractivity contribution in [1.82, 2.24) is 4.90 Å². The first-order valence-corrected chi connectivity index (χ1v) is 5.89. The molecule has 0 saturated carbocycles. The number of nitrogens with two attached hydrogens (primary N) is 1. The molecule has 1 heterocycles. The zero-order valence-corrected chi connectivity index (χ0v) is 11.2. The van der Waals surface area contributed by atoms with Gasteiger partial charge in [0.15, 0.2) is 0 Å². The number of urea groups is 1. The lowest BCUT2D eigenvalue weighted by Gasteiger charge is -2.38. The number of amides is 2. The number of primary amides is 1. The summed E-state index contributed by atoms with van der Waals surface area (Å²) >= 11 is 0. The fourth-order valence-corrected chi connectivity index (χ4v) is 2.49. The summed E-state index contributed by atoms with van der Waals surface area (Å²) in [5.74, 6) is -0.835. The van der Waals surface area contributed by atoms with Crippen LogP contribution in [0.4, 0.5) is 4.79 Å². The molecule has 1 aromatic rings. The first-order chi connectivity index (χ1) is 8.56. The molecule has 1 saturated heterocycles. The van der Waals surface area contributed by atoms with Gasteiger partial charge < -0.3 is 15.7 Å². The third-order valence-electron chi connectivity index (χ3n) is 3.66. The van der Waals surface area contributed by atoms with Gasteiger partial charge in [-0.2, -0.15) is 0 Å². The number of piperidine rings is 1. The Morgan fingerprint density at radius 3 is 2.11 bits per heavy atom. The van der Waals surface area contributed by atoms with E-state index in [4.69, 9.17) is 5.73 Å². The van der Waals surface area contributed by atoms with Crippen LogP contribution in [0.2, 0.25) is 0 Å². The molecule has 0 aromatic heterocycles. The number of benzene rings is 1. The van der Waals surface area contributed by atoms with Crippen molar-refractivity contribution in [3.63, 3.8) is 0 Å². The minimum Gasteiger partial charge on any atom is -0.481 e. The van der Waals surface area contributed by atoms with E-state index in [-0.39, 0.29) is 12.4 Å². The number of rotatable bonds is 2. The van der Waals surface area contributed by atoms with Crippen LogP contribution < -0.4 is 5.73 Å². The summed E-state index contributed by atoms with van der Waals surface area (Å²) in [6, 6.07) is 8.70. The minimum absolute atomic E-state index is 0. The summed E-state index contributed by atoms with van der Waals surface area (Å²) in [6.07, 6.45) is 0.796. The maximum atomic E-state index is 11.6. The van der Waals surface area contributed by atoms with Crippen LogP contribution in [0.25, 0.3) is 0 Å². The van der Waals surface area contributed by atoms with Crippen molar-refractivity contribution in [3.8, 4) is 0 Å². The smallest absolute Gasteiger partial charge is 0.314 e. The van der Waals surface area contributed by atoms with E-state index in [9.17, 15) is 14.7 Å². The Kier molecular flexibility index (Phi) is 4.78. The monoisotopic (exact) mass is 284 g/mol. The number of carboxylic acids is 1. The molecule has 3 N–H and O–H groups in total. The Balaban J connectivity index is 0.00000180. The summed E-state index contributed by atoms with van der Waals surface area (Å²) in [6.45, 7) is 0.771. The second-order valence-electron chi connectivity index (χ2n) is 4.58. The van der Waals surface area contributed by atoms with E-state index < -0.39 is 17.4 Å². The summed E-state index contributed by atoms with van der Waals surface area (Å²) in [4.78, 5) is 24.2. The highest BCUT2D eigenvalue weighted by atomic mass is 35.5. The maximum absolute atomic E-state index is 11.6. The third kappa shape index (κ3) is 2.81. The molecule has 1 aromatic carbocycles. The lowest BCUT2D eigenvalue weighted by Crippen LogP contribution is -2.50. The SMILES string of the molecule is Cl.NC(=O)N1CCC(C(=O)O)(c2ccccc2)CC1. The average molecular weight is 285 g/mol. The molecule has 0 bridgehead atoms. The topological polar surface area (TPSA) is 83.6 Å². The van der Waals surface area contributed by atoms with Crippen molar-refractivity contribution in [3.05, 3.63) is 35.9 Å². The van der Waals surface area contributed by atoms with E-state index in [2.05, 4.69) is 0 Å². The standard InChI is InChI=1S/C13H16N2O3.ClH/c14-12(18)15-8-6-13(7-9-15,11(16)17)10-4-2-1-3-5-10;/h1-5H,6-9H2,(H2,14,18)(H,16,17);1H. The molecule has 0 spiro atoms. The van der Waals surface area contributed by atoms with Crippen LogP contribution in [-0.4, -0.2) is 35.1 Å². The quantitative estimate of drug-likeness (QED) is 0.865. The van der Waals surface area contributed by atoms with Gasteiger partial charge in [0.2, 0.25) is 0 Å². The average Bonchev–Trinajstić information content (AvgIpc) is 2.39. The normalized spacial score (nSPS) is 17.4. The van der Waals surface area contributed by atoms with Gasteiger partial charge in [-0.1, -0.05) is 30.3 Å². The predicted molar refractivity (Wildman–Crippen MR) is 73.4 cm³/mol. The highest BCUT2D eigenvalue weighted by Crippen LogP contribution is 2.35. The largest absolute Gasteiger partial charge is 0.481 e. The van der Waals surface area contributed by atoms with Crippen molar-refractivity contribution in [2.24, 2.45) is 5.73 Å². The van der Waals surface area contributed by atoms with Crippen LogP contribution in [0.3, 0.4) is 0 Å². The van der Waals surface area contributed by atoms with Crippen LogP contribution in [0, 0.1) is 0 Å². The van der Waals surface area contributed by atoms with E-state index in [0.29, 0.717) is 25.9 Å². The Hall–Kier alpha value is -1.75. The Morgan fingerprint density at radius 1 is 1.16 bits per heavy atom. The number of likely N-dealkylation sites (tertiary alicyclic amines) is 1. The summed E-state index contributed by atoms with van der Waals surface area (Å²) in [5, 5.41) is 9.53. The van der Waals surface area contributed by atoms with Gasteiger partial charge in [0, 0.05) is 13.1 Å². The first-order valence-electron chi connectivity index (χ1n) is 5.89. The van der Waals surface area contributed by atoms with Gasteiger partial charge in [-0.05, 0) is 18.4 Å². The number of hydrogen-bond donors (Lipinski definition) is 2. The van der Waals surface area contributed by atoms with Crippen molar-refractivity contribution in [2.75, 3.05) is 13.1 Å². The molecule has 1 aliphatic heterocycles. The van der Waals surface area contributed by atoms with Gasteiger partial charge in [0.25, 0.3) is 0 Å². The van der Waals surface area contributed by atoms with Crippen LogP contribution in [0.1, 0.15) is 18.4 Å². The highest BCUT2D eigenvalue weighted by Gasteiger charge is 2.43.